The number of hydrogen-bond acceptors (Lipinski definition) is 2. The van der Waals surface area contributed by atoms with Crippen LogP contribution < -0.4 is 10.1 Å². The molecule has 112 valence electrons. The van der Waals surface area contributed by atoms with E-state index >= 15 is 0 Å². The Morgan fingerprint density at radius 1 is 1.30 bits per heavy atom. The maximum Gasteiger partial charge on any atom is 0.142 e. The Morgan fingerprint density at radius 3 is 2.70 bits per heavy atom. The number of ether oxygens (including phenoxy) is 1. The molecular weight excluding hydrogens is 293 g/mol. The molecule has 0 unspecified atom stereocenters. The molecule has 1 saturated carbocycles. The summed E-state index contributed by atoms with van der Waals surface area (Å²) in [7, 11) is 0. The zero-order valence-corrected chi connectivity index (χ0v) is 13.7. The molecule has 1 aromatic carbocycles. The molecule has 4 heteroatoms. The van der Waals surface area contributed by atoms with E-state index in [0.29, 0.717) is 28.6 Å². The Labute approximate surface area is 131 Å². The molecule has 1 N–H and O–H groups in total. The molecule has 2 nitrogen and oxygen atoms in total. The van der Waals surface area contributed by atoms with Crippen molar-refractivity contribution in [3.8, 4) is 5.75 Å². The minimum atomic E-state index is 0.606. The van der Waals surface area contributed by atoms with Gasteiger partial charge in [0.15, 0.2) is 0 Å². The summed E-state index contributed by atoms with van der Waals surface area (Å²) in [6, 6.07) is 4.35. The first-order chi connectivity index (χ1) is 9.56. The normalized spacial score (nSPS) is 14.8. The van der Waals surface area contributed by atoms with Gasteiger partial charge in [-0.1, -0.05) is 37.0 Å². The average Bonchev–Trinajstić information content (AvgIpc) is 3.17. The summed E-state index contributed by atoms with van der Waals surface area (Å²) in [5.74, 6) is 1.49. The van der Waals surface area contributed by atoms with Crippen LogP contribution in [0.5, 0.6) is 5.75 Å². The van der Waals surface area contributed by atoms with Gasteiger partial charge >= 0.3 is 0 Å². The van der Waals surface area contributed by atoms with Crippen LogP contribution in [0.4, 0.5) is 0 Å². The first-order valence-electron chi connectivity index (χ1n) is 7.40. The standard InChI is InChI=1S/C16H23Cl2NO/c1-11(2)4-3-7-20-16-12(10-19-14-5-6-14)8-13(17)9-15(16)18/h8-9,11,14,19H,3-7,10H2,1-2H3. The summed E-state index contributed by atoms with van der Waals surface area (Å²) in [5, 5.41) is 4.75. The highest BCUT2D eigenvalue weighted by molar-refractivity contribution is 6.35. The molecule has 0 saturated heterocycles. The van der Waals surface area contributed by atoms with Crippen LogP contribution in [0.15, 0.2) is 12.1 Å². The second-order valence-corrected chi connectivity index (χ2v) is 6.76. The molecule has 2 rings (SSSR count). The number of hydrogen-bond donors (Lipinski definition) is 1. The molecule has 0 spiro atoms. The summed E-state index contributed by atoms with van der Waals surface area (Å²) in [6.45, 7) is 5.92. The van der Waals surface area contributed by atoms with Gasteiger partial charge in [0, 0.05) is 23.2 Å². The fourth-order valence-electron chi connectivity index (χ4n) is 2.11. The lowest BCUT2D eigenvalue weighted by Crippen LogP contribution is -2.16. The van der Waals surface area contributed by atoms with Crippen molar-refractivity contribution in [1.82, 2.24) is 5.32 Å². The van der Waals surface area contributed by atoms with E-state index in [4.69, 9.17) is 27.9 Å². The molecule has 1 aliphatic rings. The molecule has 0 atom stereocenters. The van der Waals surface area contributed by atoms with E-state index < -0.39 is 0 Å². The van der Waals surface area contributed by atoms with Crippen LogP contribution >= 0.6 is 23.2 Å². The maximum absolute atomic E-state index is 6.27. The van der Waals surface area contributed by atoms with E-state index in [9.17, 15) is 0 Å². The monoisotopic (exact) mass is 315 g/mol. The maximum atomic E-state index is 6.27. The van der Waals surface area contributed by atoms with Crippen molar-refractivity contribution in [2.45, 2.75) is 52.1 Å². The van der Waals surface area contributed by atoms with Gasteiger partial charge in [0.05, 0.1) is 11.6 Å². The van der Waals surface area contributed by atoms with Gasteiger partial charge in [-0.2, -0.15) is 0 Å². The summed E-state index contributed by atoms with van der Waals surface area (Å²) >= 11 is 12.4. The minimum Gasteiger partial charge on any atom is -0.492 e. The van der Waals surface area contributed by atoms with E-state index in [1.165, 1.54) is 19.3 Å². The minimum absolute atomic E-state index is 0.606. The number of benzene rings is 1. The Bertz CT molecular complexity index is 444. The van der Waals surface area contributed by atoms with Gasteiger partial charge in [-0.3, -0.25) is 0 Å². The molecule has 0 aromatic heterocycles. The van der Waals surface area contributed by atoms with Crippen molar-refractivity contribution in [3.63, 3.8) is 0 Å². The fraction of sp³-hybridized carbons (Fsp3) is 0.625. The van der Waals surface area contributed by atoms with E-state index in [2.05, 4.69) is 19.2 Å². The molecule has 1 aromatic rings. The lowest BCUT2D eigenvalue weighted by atomic mass is 10.1. The summed E-state index contributed by atoms with van der Waals surface area (Å²) in [4.78, 5) is 0. The topological polar surface area (TPSA) is 21.3 Å². The van der Waals surface area contributed by atoms with Crippen LogP contribution in [0.2, 0.25) is 10.0 Å². The fourth-order valence-corrected chi connectivity index (χ4v) is 2.70. The van der Waals surface area contributed by atoms with Crippen molar-refractivity contribution in [2.75, 3.05) is 6.61 Å². The molecule has 1 aliphatic carbocycles. The quantitative estimate of drug-likeness (QED) is 0.677. The van der Waals surface area contributed by atoms with E-state index in [1.807, 2.05) is 6.07 Å². The van der Waals surface area contributed by atoms with Gasteiger partial charge in [-0.25, -0.2) is 0 Å². The first-order valence-corrected chi connectivity index (χ1v) is 8.16. The number of rotatable bonds is 8. The average molecular weight is 316 g/mol. The number of halogens is 2. The highest BCUT2D eigenvalue weighted by Crippen LogP contribution is 2.33. The van der Waals surface area contributed by atoms with Crippen LogP contribution in [0, 0.1) is 5.92 Å². The van der Waals surface area contributed by atoms with Crippen LogP contribution in [0.25, 0.3) is 0 Å². The van der Waals surface area contributed by atoms with E-state index in [1.54, 1.807) is 6.07 Å². The van der Waals surface area contributed by atoms with Crippen molar-refractivity contribution in [1.29, 1.82) is 0 Å². The molecule has 20 heavy (non-hydrogen) atoms. The molecule has 0 aliphatic heterocycles. The molecule has 0 radical (unpaired) electrons. The zero-order chi connectivity index (χ0) is 14.5. The molecule has 0 bridgehead atoms. The van der Waals surface area contributed by atoms with Gasteiger partial charge in [-0.05, 0) is 43.7 Å². The van der Waals surface area contributed by atoms with Gasteiger partial charge in [0.2, 0.25) is 0 Å². The Hall–Kier alpha value is -0.440. The number of nitrogens with one attached hydrogen (secondary N) is 1. The van der Waals surface area contributed by atoms with Crippen molar-refractivity contribution in [3.05, 3.63) is 27.7 Å². The third-order valence-electron chi connectivity index (χ3n) is 3.42. The van der Waals surface area contributed by atoms with Crippen LogP contribution in [-0.2, 0) is 6.54 Å². The molecular formula is C16H23Cl2NO. The van der Waals surface area contributed by atoms with Crippen molar-refractivity contribution in [2.24, 2.45) is 5.92 Å². The van der Waals surface area contributed by atoms with Crippen LogP contribution in [0.3, 0.4) is 0 Å². The van der Waals surface area contributed by atoms with E-state index in [-0.39, 0.29) is 0 Å². The Kier molecular flexibility index (Phi) is 6.01. The smallest absolute Gasteiger partial charge is 0.142 e. The largest absolute Gasteiger partial charge is 0.492 e. The summed E-state index contributed by atoms with van der Waals surface area (Å²) < 4.78 is 5.90. The SMILES string of the molecule is CC(C)CCCOc1c(Cl)cc(Cl)cc1CNC1CC1. The summed E-state index contributed by atoms with van der Waals surface area (Å²) in [5.41, 5.74) is 1.05. The predicted octanol–water partition coefficient (Wildman–Crippen LogP) is 5.06. The molecule has 0 amide bonds. The predicted molar refractivity (Wildman–Crippen MR) is 85.9 cm³/mol. The second kappa shape index (κ2) is 7.53. The van der Waals surface area contributed by atoms with Crippen LogP contribution in [0.1, 0.15) is 45.1 Å². The van der Waals surface area contributed by atoms with Gasteiger partial charge in [0.25, 0.3) is 0 Å². The van der Waals surface area contributed by atoms with Gasteiger partial charge < -0.3 is 10.1 Å². The third kappa shape index (κ3) is 5.16. The van der Waals surface area contributed by atoms with Gasteiger partial charge in [-0.15, -0.1) is 0 Å². The van der Waals surface area contributed by atoms with Crippen molar-refractivity contribution >= 4 is 23.2 Å². The molecule has 1 fully saturated rings. The second-order valence-electron chi connectivity index (χ2n) is 5.92. The summed E-state index contributed by atoms with van der Waals surface area (Å²) in [6.07, 6.45) is 4.74. The lowest BCUT2D eigenvalue weighted by Gasteiger charge is -2.15. The third-order valence-corrected chi connectivity index (χ3v) is 3.92. The highest BCUT2D eigenvalue weighted by atomic mass is 35.5. The highest BCUT2D eigenvalue weighted by Gasteiger charge is 2.21. The van der Waals surface area contributed by atoms with E-state index in [0.717, 1.165) is 24.3 Å². The Balaban J connectivity index is 1.96. The van der Waals surface area contributed by atoms with Gasteiger partial charge in [0.1, 0.15) is 5.75 Å². The molecule has 0 heterocycles. The lowest BCUT2D eigenvalue weighted by molar-refractivity contribution is 0.294. The van der Waals surface area contributed by atoms with Crippen LogP contribution in [-0.4, -0.2) is 12.6 Å². The zero-order valence-electron chi connectivity index (χ0n) is 12.2. The Morgan fingerprint density at radius 2 is 2.05 bits per heavy atom. The van der Waals surface area contributed by atoms with Crippen molar-refractivity contribution < 1.29 is 4.74 Å². The first kappa shape index (κ1) is 15.9.